The molecule has 2 aromatic heterocycles. The van der Waals surface area contributed by atoms with E-state index in [0.29, 0.717) is 12.5 Å². The zero-order valence-corrected chi connectivity index (χ0v) is 13.6. The van der Waals surface area contributed by atoms with Crippen molar-refractivity contribution in [2.24, 2.45) is 5.92 Å². The summed E-state index contributed by atoms with van der Waals surface area (Å²) in [4.78, 5) is 17.8. The summed E-state index contributed by atoms with van der Waals surface area (Å²) in [6, 6.07) is 7.81. The Hall–Kier alpha value is -1.79. The summed E-state index contributed by atoms with van der Waals surface area (Å²) in [5.74, 6) is 1.34. The maximum Gasteiger partial charge on any atom is 0.415 e. The molecule has 0 aliphatic carbocycles. The minimum atomic E-state index is -0.303. The second kappa shape index (κ2) is 4.85. The largest absolute Gasteiger partial charge is 0.464 e. The number of thiophene rings is 1. The maximum absolute atomic E-state index is 12.5. The van der Waals surface area contributed by atoms with Gasteiger partial charge in [-0.3, -0.25) is 9.80 Å². The van der Waals surface area contributed by atoms with Crippen molar-refractivity contribution in [3.05, 3.63) is 30.5 Å². The van der Waals surface area contributed by atoms with E-state index in [-0.39, 0.29) is 11.7 Å². The van der Waals surface area contributed by atoms with E-state index >= 15 is 0 Å². The third-order valence-electron chi connectivity index (χ3n) is 5.38. The van der Waals surface area contributed by atoms with Crippen LogP contribution in [-0.2, 0) is 4.74 Å². The normalized spacial score (nSPS) is 32.7. The van der Waals surface area contributed by atoms with Crippen molar-refractivity contribution in [1.29, 1.82) is 0 Å². The molecule has 4 saturated heterocycles. The average Bonchev–Trinajstić information content (AvgIpc) is 3.28. The molecule has 0 unspecified atom stereocenters. The van der Waals surface area contributed by atoms with Crippen LogP contribution in [0.4, 0.5) is 9.80 Å². The van der Waals surface area contributed by atoms with E-state index in [1.165, 1.54) is 0 Å². The number of carbonyl (C=O) groups is 1. The first-order valence-corrected chi connectivity index (χ1v) is 8.92. The summed E-state index contributed by atoms with van der Waals surface area (Å²) < 4.78 is 11.4. The highest BCUT2D eigenvalue weighted by atomic mass is 32.1. The van der Waals surface area contributed by atoms with E-state index in [1.807, 2.05) is 24.3 Å². The average molecular weight is 330 g/mol. The summed E-state index contributed by atoms with van der Waals surface area (Å²) >= 11 is 1.58. The van der Waals surface area contributed by atoms with Crippen molar-refractivity contribution in [3.8, 4) is 10.6 Å². The van der Waals surface area contributed by atoms with Gasteiger partial charge in [0.1, 0.15) is 16.4 Å². The number of fused-ring (bicyclic) bond motifs is 2. The van der Waals surface area contributed by atoms with Crippen LogP contribution in [0, 0.1) is 5.92 Å². The molecule has 0 saturated carbocycles. The van der Waals surface area contributed by atoms with Gasteiger partial charge in [0, 0.05) is 12.5 Å². The molecule has 0 N–H and O–H groups in total. The van der Waals surface area contributed by atoms with Crippen LogP contribution in [0.2, 0.25) is 0 Å². The number of amides is 1. The van der Waals surface area contributed by atoms with Crippen LogP contribution in [0.5, 0.6) is 0 Å². The zero-order valence-electron chi connectivity index (χ0n) is 12.7. The van der Waals surface area contributed by atoms with Crippen LogP contribution >= 0.6 is 11.3 Å². The highest BCUT2D eigenvalue weighted by Crippen LogP contribution is 2.45. The van der Waals surface area contributed by atoms with Gasteiger partial charge >= 0.3 is 6.09 Å². The first-order chi connectivity index (χ1) is 11.2. The zero-order chi connectivity index (χ0) is 15.4. The molecular weight excluding hydrogens is 312 g/mol. The number of piperidine rings is 3. The van der Waals surface area contributed by atoms with Crippen LogP contribution in [0.1, 0.15) is 12.8 Å². The molecule has 1 spiro atoms. The van der Waals surface area contributed by atoms with Gasteiger partial charge in [-0.2, -0.15) is 0 Å². The fraction of sp³-hybridized carbons (Fsp3) is 0.471. The molecule has 4 aliphatic heterocycles. The number of hydrogen-bond acceptors (Lipinski definition) is 5. The van der Waals surface area contributed by atoms with Gasteiger partial charge in [-0.25, -0.2) is 4.79 Å². The molecule has 1 amide bonds. The smallest absolute Gasteiger partial charge is 0.415 e. The fourth-order valence-electron chi connectivity index (χ4n) is 4.20. The van der Waals surface area contributed by atoms with Crippen LogP contribution in [0.25, 0.3) is 10.6 Å². The van der Waals surface area contributed by atoms with Crippen LogP contribution in [-0.4, -0.2) is 42.8 Å². The van der Waals surface area contributed by atoms with Gasteiger partial charge in [-0.05, 0) is 50.2 Å². The molecule has 0 aromatic carbocycles. The van der Waals surface area contributed by atoms with Gasteiger partial charge in [0.15, 0.2) is 0 Å². The van der Waals surface area contributed by atoms with Gasteiger partial charge in [-0.1, -0.05) is 0 Å². The lowest BCUT2D eigenvalue weighted by Crippen LogP contribution is -2.61. The van der Waals surface area contributed by atoms with Crippen molar-refractivity contribution < 1.29 is 13.9 Å². The van der Waals surface area contributed by atoms with Gasteiger partial charge < -0.3 is 9.15 Å². The first-order valence-electron chi connectivity index (χ1n) is 8.10. The molecule has 23 heavy (non-hydrogen) atoms. The minimum Gasteiger partial charge on any atom is -0.464 e. The van der Waals surface area contributed by atoms with Crippen LogP contribution in [0.15, 0.2) is 34.9 Å². The third kappa shape index (κ3) is 2.05. The first kappa shape index (κ1) is 13.6. The van der Waals surface area contributed by atoms with Crippen molar-refractivity contribution in [3.63, 3.8) is 0 Å². The predicted octanol–water partition coefficient (Wildman–Crippen LogP) is 3.43. The number of furan rings is 1. The Morgan fingerprint density at radius 2 is 2.04 bits per heavy atom. The summed E-state index contributed by atoms with van der Waals surface area (Å²) in [6.07, 6.45) is 3.75. The van der Waals surface area contributed by atoms with Crippen molar-refractivity contribution >= 4 is 22.4 Å². The van der Waals surface area contributed by atoms with Gasteiger partial charge in [0.25, 0.3) is 0 Å². The Bertz CT molecular complexity index is 733. The second-order valence-electron chi connectivity index (χ2n) is 6.68. The quantitative estimate of drug-likeness (QED) is 0.846. The molecular formula is C17H18N2O3S. The number of carbonyl (C=O) groups excluding carboxylic acids is 1. The lowest BCUT2D eigenvalue weighted by atomic mass is 9.75. The third-order valence-corrected chi connectivity index (χ3v) is 6.50. The number of rotatable bonds is 2. The van der Waals surface area contributed by atoms with Crippen LogP contribution < -0.4 is 4.90 Å². The Balaban J connectivity index is 1.43. The van der Waals surface area contributed by atoms with E-state index in [4.69, 9.17) is 9.15 Å². The van der Waals surface area contributed by atoms with Crippen molar-refractivity contribution in [2.75, 3.05) is 31.1 Å². The van der Waals surface area contributed by atoms with Gasteiger partial charge in [-0.15, -0.1) is 11.3 Å². The number of nitrogens with zero attached hydrogens (tertiary/aromatic N) is 2. The molecule has 1 atom stereocenters. The Morgan fingerprint density at radius 1 is 1.17 bits per heavy atom. The molecule has 2 bridgehead atoms. The molecule has 5 nitrogen and oxygen atoms in total. The molecule has 6 heteroatoms. The SMILES string of the molecule is O=C1O[C@]2(CN3CCC2CC3)CN1c1ccc(-c2ccco2)s1. The number of hydrogen-bond donors (Lipinski definition) is 0. The van der Waals surface area contributed by atoms with Crippen molar-refractivity contribution in [2.45, 2.75) is 18.4 Å². The molecule has 4 fully saturated rings. The molecule has 6 heterocycles. The highest BCUT2D eigenvalue weighted by Gasteiger charge is 2.55. The Labute approximate surface area is 138 Å². The monoisotopic (exact) mass is 330 g/mol. The van der Waals surface area contributed by atoms with E-state index in [0.717, 1.165) is 48.1 Å². The predicted molar refractivity (Wildman–Crippen MR) is 87.7 cm³/mol. The molecule has 120 valence electrons. The second-order valence-corrected chi connectivity index (χ2v) is 7.75. The van der Waals surface area contributed by atoms with Crippen LogP contribution in [0.3, 0.4) is 0 Å². The Kier molecular flexibility index (Phi) is 2.87. The molecule has 0 radical (unpaired) electrons. The minimum absolute atomic E-state index is 0.202. The molecule has 2 aromatic rings. The molecule has 4 aliphatic rings. The summed E-state index contributed by atoms with van der Waals surface area (Å²) in [7, 11) is 0. The number of ether oxygens (including phenoxy) is 1. The summed E-state index contributed by atoms with van der Waals surface area (Å²) in [6.45, 7) is 3.85. The Morgan fingerprint density at radius 3 is 2.74 bits per heavy atom. The van der Waals surface area contributed by atoms with Gasteiger partial charge in [0.2, 0.25) is 0 Å². The topological polar surface area (TPSA) is 45.9 Å². The van der Waals surface area contributed by atoms with E-state index in [1.54, 1.807) is 22.5 Å². The van der Waals surface area contributed by atoms with E-state index in [9.17, 15) is 4.79 Å². The lowest BCUT2D eigenvalue weighted by molar-refractivity contribution is -0.0881. The standard InChI is InChI=1S/C17H18N2O3S/c20-16-19(15-4-3-14(23-15)13-2-1-9-21-13)11-17(22-16)10-18-7-5-12(17)6-8-18/h1-4,9,12H,5-8,10-11H2/t17-/m1/s1. The molecule has 6 rings (SSSR count). The summed E-state index contributed by atoms with van der Waals surface area (Å²) in [5, 5.41) is 0.940. The van der Waals surface area contributed by atoms with E-state index in [2.05, 4.69) is 4.90 Å². The maximum atomic E-state index is 12.5. The van der Waals surface area contributed by atoms with Gasteiger partial charge in [0.05, 0.1) is 17.7 Å². The summed E-state index contributed by atoms with van der Waals surface area (Å²) in [5.41, 5.74) is -0.303. The lowest BCUT2D eigenvalue weighted by Gasteiger charge is -2.49. The fourth-order valence-corrected chi connectivity index (χ4v) is 5.17. The van der Waals surface area contributed by atoms with E-state index < -0.39 is 0 Å². The van der Waals surface area contributed by atoms with Crippen molar-refractivity contribution in [1.82, 2.24) is 4.90 Å². The highest BCUT2D eigenvalue weighted by molar-refractivity contribution is 7.19. The number of anilines is 1.